The van der Waals surface area contributed by atoms with E-state index in [9.17, 15) is 27.9 Å². The van der Waals surface area contributed by atoms with Gasteiger partial charge in [0, 0.05) is 7.05 Å². The number of nitrogens with zero attached hydrogens (tertiary/aromatic N) is 4. The highest BCUT2D eigenvalue weighted by Gasteiger charge is 2.44. The lowest BCUT2D eigenvalue weighted by molar-refractivity contribution is -0.157. The van der Waals surface area contributed by atoms with Gasteiger partial charge in [-0.25, -0.2) is 9.78 Å². The number of aliphatic hydroxyl groups is 1. The smallest absolute Gasteiger partial charge is 0.406 e. The number of aromatic nitrogens is 2. The zero-order valence-electron chi connectivity index (χ0n) is 12.5. The molecule has 1 aromatic heterocycles. The Hall–Kier alpha value is -2.30. The van der Waals surface area contributed by atoms with Gasteiger partial charge in [-0.15, -0.1) is 0 Å². The van der Waals surface area contributed by atoms with E-state index >= 15 is 0 Å². The fourth-order valence-corrected chi connectivity index (χ4v) is 2.30. The standard InChI is InChI=1S/C12H15F3N4O4/c1-6(10(21)23-3)19-5-16-8-7(19)9(20)18(4-12(13,14)15)11(22)17(8)2/h5-6,11,22H,4H2,1-3H3/t6-,11?/m0/s1. The Kier molecular flexibility index (Phi) is 4.24. The number of carbonyl (C=O) groups is 2. The van der Waals surface area contributed by atoms with E-state index in [4.69, 9.17) is 0 Å². The Morgan fingerprint density at radius 1 is 1.52 bits per heavy atom. The van der Waals surface area contributed by atoms with Crippen LogP contribution in [0.1, 0.15) is 23.5 Å². The van der Waals surface area contributed by atoms with Gasteiger partial charge in [0.1, 0.15) is 12.6 Å². The second kappa shape index (κ2) is 5.72. The molecule has 2 heterocycles. The summed E-state index contributed by atoms with van der Waals surface area (Å²) in [6.07, 6.45) is -5.36. The van der Waals surface area contributed by atoms with Gasteiger partial charge >= 0.3 is 12.1 Å². The molecule has 1 aliphatic heterocycles. The first kappa shape index (κ1) is 17.1. The monoisotopic (exact) mass is 336 g/mol. The molecule has 1 aromatic rings. The molecule has 0 aliphatic carbocycles. The molecule has 2 atom stereocenters. The predicted molar refractivity (Wildman–Crippen MR) is 70.5 cm³/mol. The summed E-state index contributed by atoms with van der Waals surface area (Å²) in [6.45, 7) is -0.214. The molecular formula is C12H15F3N4O4. The molecule has 1 unspecified atom stereocenters. The van der Waals surface area contributed by atoms with Gasteiger partial charge in [-0.3, -0.25) is 9.69 Å². The Balaban J connectivity index is 2.47. The van der Waals surface area contributed by atoms with Gasteiger partial charge in [-0.2, -0.15) is 13.2 Å². The molecule has 0 saturated heterocycles. The van der Waals surface area contributed by atoms with Crippen LogP contribution in [0.15, 0.2) is 6.33 Å². The van der Waals surface area contributed by atoms with Crippen LogP contribution in [0.3, 0.4) is 0 Å². The van der Waals surface area contributed by atoms with Crippen molar-refractivity contribution < 1.29 is 32.6 Å². The lowest BCUT2D eigenvalue weighted by Gasteiger charge is -2.39. The highest BCUT2D eigenvalue weighted by Crippen LogP contribution is 2.31. The number of carbonyl (C=O) groups excluding carboxylic acids is 2. The number of hydrogen-bond acceptors (Lipinski definition) is 6. The molecule has 8 nitrogen and oxygen atoms in total. The van der Waals surface area contributed by atoms with E-state index in [0.29, 0.717) is 0 Å². The largest absolute Gasteiger partial charge is 0.467 e. The highest BCUT2D eigenvalue weighted by atomic mass is 19.4. The lowest BCUT2D eigenvalue weighted by Crippen LogP contribution is -2.57. The van der Waals surface area contributed by atoms with E-state index in [1.54, 1.807) is 0 Å². The van der Waals surface area contributed by atoms with Gasteiger partial charge < -0.3 is 19.3 Å². The molecule has 0 bridgehead atoms. The summed E-state index contributed by atoms with van der Waals surface area (Å²) in [4.78, 5) is 29.2. The summed E-state index contributed by atoms with van der Waals surface area (Å²) in [5, 5.41) is 9.91. The third-order valence-corrected chi connectivity index (χ3v) is 3.51. The van der Waals surface area contributed by atoms with Crippen molar-refractivity contribution in [3.05, 3.63) is 12.0 Å². The Bertz CT molecular complexity index is 630. The molecule has 0 radical (unpaired) electrons. The third-order valence-electron chi connectivity index (χ3n) is 3.51. The minimum absolute atomic E-state index is 0.0170. The fraction of sp³-hybridized carbons (Fsp3) is 0.583. The summed E-state index contributed by atoms with van der Waals surface area (Å²) >= 11 is 0. The first-order valence-electron chi connectivity index (χ1n) is 6.51. The number of rotatable bonds is 3. The van der Waals surface area contributed by atoms with Crippen LogP contribution in [-0.4, -0.2) is 64.7 Å². The van der Waals surface area contributed by atoms with E-state index in [1.165, 1.54) is 14.0 Å². The SMILES string of the molecule is COC(=O)[C@H](C)n1cnc2c1C(=O)N(CC(F)(F)F)C(O)N2C. The van der Waals surface area contributed by atoms with Crippen LogP contribution in [0.4, 0.5) is 19.0 Å². The Labute approximate surface area is 129 Å². The summed E-state index contributed by atoms with van der Waals surface area (Å²) in [6, 6.07) is -0.962. The van der Waals surface area contributed by atoms with Crippen molar-refractivity contribution in [2.24, 2.45) is 0 Å². The number of aliphatic hydroxyl groups excluding tert-OH is 1. The van der Waals surface area contributed by atoms with Gasteiger partial charge in [-0.05, 0) is 6.92 Å². The van der Waals surface area contributed by atoms with Gasteiger partial charge in [0.05, 0.1) is 13.4 Å². The molecule has 0 saturated carbocycles. The maximum Gasteiger partial charge on any atom is 0.406 e. The van der Waals surface area contributed by atoms with E-state index < -0.39 is 37.0 Å². The number of methoxy groups -OCH3 is 1. The number of halogens is 3. The van der Waals surface area contributed by atoms with Crippen molar-refractivity contribution in [3.8, 4) is 0 Å². The van der Waals surface area contributed by atoms with Crippen LogP contribution < -0.4 is 4.90 Å². The number of esters is 1. The van der Waals surface area contributed by atoms with Crippen LogP contribution >= 0.6 is 0 Å². The minimum Gasteiger partial charge on any atom is -0.467 e. The second-order valence-corrected chi connectivity index (χ2v) is 5.03. The quantitative estimate of drug-likeness (QED) is 0.802. The average molecular weight is 336 g/mol. The van der Waals surface area contributed by atoms with Crippen LogP contribution in [0.5, 0.6) is 0 Å². The first-order chi connectivity index (χ1) is 10.6. The average Bonchev–Trinajstić information content (AvgIpc) is 2.91. The number of hydrogen-bond donors (Lipinski definition) is 1. The molecule has 128 valence electrons. The van der Waals surface area contributed by atoms with Crippen molar-refractivity contribution in [2.75, 3.05) is 25.6 Å². The van der Waals surface area contributed by atoms with Crippen molar-refractivity contribution in [3.63, 3.8) is 0 Å². The Morgan fingerprint density at radius 2 is 2.13 bits per heavy atom. The zero-order chi connectivity index (χ0) is 17.5. The molecule has 0 aromatic carbocycles. The van der Waals surface area contributed by atoms with Gasteiger partial charge in [0.25, 0.3) is 5.91 Å². The zero-order valence-corrected chi connectivity index (χ0v) is 12.5. The van der Waals surface area contributed by atoms with Crippen LogP contribution in [-0.2, 0) is 9.53 Å². The van der Waals surface area contributed by atoms with E-state index in [-0.39, 0.29) is 16.4 Å². The fourth-order valence-electron chi connectivity index (χ4n) is 2.30. The molecular weight excluding hydrogens is 321 g/mol. The minimum atomic E-state index is -4.69. The summed E-state index contributed by atoms with van der Waals surface area (Å²) in [5.74, 6) is -1.78. The third kappa shape index (κ3) is 2.96. The van der Waals surface area contributed by atoms with Crippen molar-refractivity contribution in [1.82, 2.24) is 14.5 Å². The summed E-state index contributed by atoms with van der Waals surface area (Å²) in [5.41, 5.74) is -0.222. The Morgan fingerprint density at radius 3 is 2.65 bits per heavy atom. The van der Waals surface area contributed by atoms with Crippen molar-refractivity contribution in [1.29, 1.82) is 0 Å². The molecule has 1 amide bonds. The summed E-state index contributed by atoms with van der Waals surface area (Å²) < 4.78 is 43.6. The van der Waals surface area contributed by atoms with Crippen LogP contribution in [0.2, 0.25) is 0 Å². The second-order valence-electron chi connectivity index (χ2n) is 5.03. The van der Waals surface area contributed by atoms with Crippen molar-refractivity contribution >= 4 is 17.7 Å². The number of amides is 1. The number of ether oxygens (including phenoxy) is 1. The number of alkyl halides is 3. The molecule has 0 fully saturated rings. The maximum atomic E-state index is 12.6. The molecule has 11 heteroatoms. The molecule has 23 heavy (non-hydrogen) atoms. The number of imidazole rings is 1. The van der Waals surface area contributed by atoms with E-state index in [1.807, 2.05) is 0 Å². The normalized spacial score (nSPS) is 19.6. The van der Waals surface area contributed by atoms with Gasteiger partial charge in [-0.1, -0.05) is 0 Å². The predicted octanol–water partition coefficient (Wildman–Crippen LogP) is 0.347. The molecule has 2 rings (SSSR count). The summed E-state index contributed by atoms with van der Waals surface area (Å²) in [7, 11) is 2.44. The van der Waals surface area contributed by atoms with Crippen LogP contribution in [0.25, 0.3) is 0 Å². The maximum absolute atomic E-state index is 12.6. The number of anilines is 1. The van der Waals surface area contributed by atoms with E-state index in [2.05, 4.69) is 9.72 Å². The molecule has 1 N–H and O–H groups in total. The van der Waals surface area contributed by atoms with Gasteiger partial charge in [0.15, 0.2) is 11.5 Å². The molecule has 1 aliphatic rings. The van der Waals surface area contributed by atoms with Crippen molar-refractivity contribution in [2.45, 2.75) is 25.5 Å². The first-order valence-corrected chi connectivity index (χ1v) is 6.51. The topological polar surface area (TPSA) is 87.9 Å². The van der Waals surface area contributed by atoms with Gasteiger partial charge in [0.2, 0.25) is 6.35 Å². The highest BCUT2D eigenvalue weighted by molar-refractivity contribution is 6.00. The number of fused-ring (bicyclic) bond motifs is 1. The van der Waals surface area contributed by atoms with Crippen LogP contribution in [0, 0.1) is 0 Å². The molecule has 0 spiro atoms. The van der Waals surface area contributed by atoms with E-state index in [0.717, 1.165) is 22.9 Å². The lowest BCUT2D eigenvalue weighted by atomic mass is 10.2.